The minimum Gasteiger partial charge on any atom is -0.478 e. The van der Waals surface area contributed by atoms with Gasteiger partial charge in [-0.3, -0.25) is 4.79 Å². The van der Waals surface area contributed by atoms with Gasteiger partial charge in [0.25, 0.3) is 5.91 Å². The molecule has 1 heterocycles. The number of imidazole rings is 1. The van der Waals surface area contributed by atoms with Crippen molar-refractivity contribution in [2.75, 3.05) is 0 Å². The smallest absolute Gasteiger partial charge is 0.335 e. The van der Waals surface area contributed by atoms with Crippen molar-refractivity contribution in [1.29, 1.82) is 0 Å². The van der Waals surface area contributed by atoms with E-state index in [4.69, 9.17) is 44.6 Å². The van der Waals surface area contributed by atoms with Gasteiger partial charge in [-0.2, -0.15) is 0 Å². The molecule has 0 aliphatic carbocycles. The molecule has 0 saturated heterocycles. The van der Waals surface area contributed by atoms with E-state index in [2.05, 4.69) is 21.7 Å². The summed E-state index contributed by atoms with van der Waals surface area (Å²) in [6.45, 7) is 10.2. The molecule has 2 N–H and O–H groups in total. The Morgan fingerprint density at radius 3 is 2.35 bits per heavy atom. The van der Waals surface area contributed by atoms with Crippen molar-refractivity contribution in [3.05, 3.63) is 141 Å². The number of hydrogen-bond donors (Lipinski definition) is 2. The summed E-state index contributed by atoms with van der Waals surface area (Å²) in [5, 5.41) is 13.3. The van der Waals surface area contributed by atoms with Crippen molar-refractivity contribution in [3.63, 3.8) is 0 Å². The van der Waals surface area contributed by atoms with E-state index < -0.39 is 12.0 Å². The van der Waals surface area contributed by atoms with Crippen LogP contribution in [0.2, 0.25) is 10.0 Å². The van der Waals surface area contributed by atoms with E-state index in [1.807, 2.05) is 36.5 Å². The largest absolute Gasteiger partial charge is 0.478 e. The number of carboxylic acid groups (broad SMARTS) is 1. The summed E-state index contributed by atoms with van der Waals surface area (Å²) in [5.74, 6) is 0.429. The second kappa shape index (κ2) is 14.8. The molecule has 8 nitrogen and oxygen atoms in total. The fourth-order valence-corrected chi connectivity index (χ4v) is 5.44. The van der Waals surface area contributed by atoms with Crippen molar-refractivity contribution >= 4 is 40.8 Å². The van der Waals surface area contributed by atoms with E-state index in [1.165, 1.54) is 12.1 Å². The Balaban J connectivity index is 1.47. The van der Waals surface area contributed by atoms with Crippen LogP contribution in [-0.4, -0.2) is 26.5 Å². The Labute approximate surface area is 277 Å². The van der Waals surface area contributed by atoms with E-state index in [1.54, 1.807) is 48.5 Å². The van der Waals surface area contributed by atoms with Crippen LogP contribution in [0.4, 0.5) is 5.69 Å². The van der Waals surface area contributed by atoms with Gasteiger partial charge in [-0.15, -0.1) is 0 Å². The Morgan fingerprint density at radius 2 is 1.70 bits per heavy atom. The summed E-state index contributed by atoms with van der Waals surface area (Å²) >= 11 is 12.7. The molecule has 5 aromatic rings. The molecular formula is C36H30Cl2N4O4. The van der Waals surface area contributed by atoms with Crippen molar-refractivity contribution in [1.82, 2.24) is 14.9 Å². The second-order valence-corrected chi connectivity index (χ2v) is 11.5. The molecule has 0 spiro atoms. The van der Waals surface area contributed by atoms with Crippen molar-refractivity contribution in [3.8, 4) is 22.8 Å². The van der Waals surface area contributed by atoms with E-state index in [9.17, 15) is 9.59 Å². The minimum atomic E-state index is -1.00. The van der Waals surface area contributed by atoms with Gasteiger partial charge in [-0.25, -0.2) is 14.6 Å². The van der Waals surface area contributed by atoms with Gasteiger partial charge >= 0.3 is 5.97 Å². The highest BCUT2D eigenvalue weighted by Gasteiger charge is 2.24. The predicted octanol–water partition coefficient (Wildman–Crippen LogP) is 9.41. The summed E-state index contributed by atoms with van der Waals surface area (Å²) in [5.41, 5.74) is 3.25. The number of halogens is 2. The standard InChI is InChI=1S/C36H30Cl2N4O4/c1-3-4-18-42-22-33(30-17-12-26(37)21-31(30)38)40-34(42)32(41-35(43)25-6-5-7-27(20-25)39-2)19-23-8-13-28(14-9-23)46-29-15-10-24(11-16-29)36(44)45/h5-17,20-22,32H,3-4,18-19H2,1H3,(H,41,43)(H,44,45)/t32-/m0/s1. The number of aryl methyl sites for hydroxylation is 1. The first-order chi connectivity index (χ1) is 22.2. The summed E-state index contributed by atoms with van der Waals surface area (Å²) in [4.78, 5) is 33.2. The molecule has 0 bridgehead atoms. The number of benzene rings is 4. The lowest BCUT2D eigenvalue weighted by Crippen LogP contribution is -2.32. The van der Waals surface area contributed by atoms with E-state index in [-0.39, 0.29) is 11.5 Å². The van der Waals surface area contributed by atoms with Gasteiger partial charge in [0, 0.05) is 28.9 Å². The van der Waals surface area contributed by atoms with Gasteiger partial charge in [0.2, 0.25) is 0 Å². The first-order valence-electron chi connectivity index (χ1n) is 14.6. The number of aromatic nitrogens is 2. The monoisotopic (exact) mass is 652 g/mol. The van der Waals surface area contributed by atoms with Crippen LogP contribution in [0.25, 0.3) is 16.1 Å². The molecule has 4 aromatic carbocycles. The van der Waals surface area contributed by atoms with Crippen LogP contribution in [0.5, 0.6) is 11.5 Å². The summed E-state index contributed by atoms with van der Waals surface area (Å²) in [6.07, 6.45) is 4.24. The third-order valence-electron chi connectivity index (χ3n) is 7.32. The zero-order valence-corrected chi connectivity index (χ0v) is 26.4. The van der Waals surface area contributed by atoms with Crippen LogP contribution in [0, 0.1) is 6.57 Å². The average molecular weight is 654 g/mol. The van der Waals surface area contributed by atoms with Gasteiger partial charge in [-0.05, 0) is 79.1 Å². The van der Waals surface area contributed by atoms with Gasteiger partial charge in [-0.1, -0.05) is 66.9 Å². The number of carbonyl (C=O) groups excluding carboxylic acids is 1. The molecule has 0 fully saturated rings. The quantitative estimate of drug-likeness (QED) is 0.131. The zero-order valence-electron chi connectivity index (χ0n) is 24.9. The molecule has 0 saturated carbocycles. The molecule has 0 radical (unpaired) electrons. The number of rotatable bonds is 12. The summed E-state index contributed by atoms with van der Waals surface area (Å²) in [6, 6.07) is 25.0. The predicted molar refractivity (Wildman–Crippen MR) is 179 cm³/mol. The molecule has 46 heavy (non-hydrogen) atoms. The third-order valence-corrected chi connectivity index (χ3v) is 7.87. The summed E-state index contributed by atoms with van der Waals surface area (Å²) in [7, 11) is 0. The first-order valence-corrected chi connectivity index (χ1v) is 15.4. The molecule has 5 rings (SSSR count). The van der Waals surface area contributed by atoms with Crippen molar-refractivity contribution < 1.29 is 19.4 Å². The average Bonchev–Trinajstić information content (AvgIpc) is 3.48. The SMILES string of the molecule is [C-]#[N+]c1cccc(C(=O)N[C@@H](Cc2ccc(Oc3ccc(C(=O)O)cc3)cc2)c2nc(-c3ccc(Cl)cc3Cl)cn2CCCC)c1. The Hall–Kier alpha value is -5.10. The van der Waals surface area contributed by atoms with Crippen molar-refractivity contribution in [2.45, 2.75) is 38.8 Å². The number of amides is 1. The molecule has 0 aliphatic heterocycles. The lowest BCUT2D eigenvalue weighted by Gasteiger charge is -2.20. The topological polar surface area (TPSA) is 97.8 Å². The molecule has 1 amide bonds. The van der Waals surface area contributed by atoms with Gasteiger partial charge in [0.05, 0.1) is 28.9 Å². The number of carboxylic acids is 1. The maximum atomic E-state index is 13.6. The highest BCUT2D eigenvalue weighted by Crippen LogP contribution is 2.32. The van der Waals surface area contributed by atoms with Crippen LogP contribution in [0.15, 0.2) is 97.2 Å². The summed E-state index contributed by atoms with van der Waals surface area (Å²) < 4.78 is 7.97. The zero-order chi connectivity index (χ0) is 32.6. The van der Waals surface area contributed by atoms with Crippen LogP contribution in [0.1, 0.15) is 57.9 Å². The molecule has 1 aromatic heterocycles. The fourth-order valence-electron chi connectivity index (χ4n) is 4.94. The highest BCUT2D eigenvalue weighted by molar-refractivity contribution is 6.36. The number of unbranched alkanes of at least 4 members (excludes halogenated alkanes) is 1. The Bertz CT molecular complexity index is 1900. The lowest BCUT2D eigenvalue weighted by molar-refractivity contribution is 0.0696. The first kappa shape index (κ1) is 32.3. The van der Waals surface area contributed by atoms with Crippen LogP contribution in [-0.2, 0) is 13.0 Å². The maximum absolute atomic E-state index is 13.6. The Morgan fingerprint density at radius 1 is 0.978 bits per heavy atom. The number of nitrogens with one attached hydrogen (secondary N) is 1. The molecule has 0 unspecified atom stereocenters. The number of hydrogen-bond acceptors (Lipinski definition) is 4. The molecular weight excluding hydrogens is 623 g/mol. The van der Waals surface area contributed by atoms with E-state index in [0.717, 1.165) is 24.0 Å². The maximum Gasteiger partial charge on any atom is 0.335 e. The number of nitrogens with zero attached hydrogens (tertiary/aromatic N) is 3. The molecule has 232 valence electrons. The highest BCUT2D eigenvalue weighted by atomic mass is 35.5. The lowest BCUT2D eigenvalue weighted by atomic mass is 10.0. The number of ether oxygens (including phenoxy) is 1. The Kier molecular flexibility index (Phi) is 10.4. The van der Waals surface area contributed by atoms with Crippen LogP contribution in [0.3, 0.4) is 0 Å². The molecule has 1 atom stereocenters. The number of carbonyl (C=O) groups is 2. The van der Waals surface area contributed by atoms with E-state index in [0.29, 0.717) is 57.3 Å². The molecule has 0 aliphatic rings. The molecule has 10 heteroatoms. The van der Waals surface area contributed by atoms with E-state index >= 15 is 0 Å². The van der Waals surface area contributed by atoms with Gasteiger partial charge in [0.1, 0.15) is 17.3 Å². The fraction of sp³-hybridized carbons (Fsp3) is 0.167. The van der Waals surface area contributed by atoms with Crippen LogP contribution >= 0.6 is 23.2 Å². The van der Waals surface area contributed by atoms with Crippen molar-refractivity contribution in [2.24, 2.45) is 0 Å². The third kappa shape index (κ3) is 7.94. The van der Waals surface area contributed by atoms with Crippen LogP contribution < -0.4 is 10.1 Å². The van der Waals surface area contributed by atoms with Gasteiger partial charge in [0.15, 0.2) is 5.69 Å². The number of aromatic carboxylic acids is 1. The normalized spacial score (nSPS) is 11.4. The van der Waals surface area contributed by atoms with Gasteiger partial charge < -0.3 is 19.7 Å². The minimum absolute atomic E-state index is 0.176. The second-order valence-electron chi connectivity index (χ2n) is 10.6.